The highest BCUT2D eigenvalue weighted by Gasteiger charge is 2.15. The van der Waals surface area contributed by atoms with E-state index in [0.29, 0.717) is 0 Å². The summed E-state index contributed by atoms with van der Waals surface area (Å²) in [5.41, 5.74) is 1.64. The van der Waals surface area contributed by atoms with Crippen LogP contribution in [-0.4, -0.2) is 4.92 Å². The maximum Gasteiger partial charge on any atom is 0.310 e. The van der Waals surface area contributed by atoms with Crippen LogP contribution < -0.4 is 4.74 Å². The van der Waals surface area contributed by atoms with Crippen LogP contribution in [0, 0.1) is 10.1 Å². The van der Waals surface area contributed by atoms with E-state index in [-0.39, 0.29) is 23.9 Å². The molecule has 0 radical (unpaired) electrons. The molecule has 0 fully saturated rings. The second-order valence-corrected chi connectivity index (χ2v) is 5.29. The van der Waals surface area contributed by atoms with Crippen molar-refractivity contribution in [2.45, 2.75) is 12.5 Å². The molecule has 20 heavy (non-hydrogen) atoms. The molecule has 0 aliphatic rings. The molecule has 2 rings (SSSR count). The van der Waals surface area contributed by atoms with Crippen molar-refractivity contribution in [1.82, 2.24) is 0 Å². The highest BCUT2D eigenvalue weighted by atomic mass is 79.9. The van der Waals surface area contributed by atoms with Gasteiger partial charge < -0.3 is 4.74 Å². The van der Waals surface area contributed by atoms with Crippen LogP contribution in [0.25, 0.3) is 0 Å². The Kier molecular flexibility index (Phi) is 4.98. The zero-order valence-electron chi connectivity index (χ0n) is 10.4. The molecule has 0 N–H and O–H groups in total. The van der Waals surface area contributed by atoms with Crippen LogP contribution in [0.1, 0.15) is 11.1 Å². The Morgan fingerprint density at radius 2 is 2.00 bits per heavy atom. The Hall–Kier alpha value is -1.59. The van der Waals surface area contributed by atoms with Gasteiger partial charge in [0.05, 0.1) is 4.92 Å². The molecule has 6 heteroatoms. The van der Waals surface area contributed by atoms with E-state index in [1.54, 1.807) is 12.1 Å². The Balaban J connectivity index is 2.21. The lowest BCUT2D eigenvalue weighted by Crippen LogP contribution is -2.00. The van der Waals surface area contributed by atoms with Crippen LogP contribution in [0.3, 0.4) is 0 Å². The first-order valence-electron chi connectivity index (χ1n) is 5.80. The van der Waals surface area contributed by atoms with Crippen LogP contribution in [0.5, 0.6) is 5.75 Å². The monoisotopic (exact) mass is 355 g/mol. The summed E-state index contributed by atoms with van der Waals surface area (Å²) in [6, 6.07) is 12.2. The molecule has 0 unspecified atom stereocenters. The highest BCUT2D eigenvalue weighted by Crippen LogP contribution is 2.29. The molecule has 4 nitrogen and oxygen atoms in total. The molecule has 0 aliphatic carbocycles. The van der Waals surface area contributed by atoms with Gasteiger partial charge in [0.25, 0.3) is 0 Å². The summed E-state index contributed by atoms with van der Waals surface area (Å²) in [5.74, 6) is 0.513. The number of ether oxygens (including phenoxy) is 1. The van der Waals surface area contributed by atoms with Crippen molar-refractivity contribution in [3.05, 3.63) is 68.2 Å². The molecule has 0 aromatic heterocycles. The van der Waals surface area contributed by atoms with Crippen LogP contribution in [-0.2, 0) is 12.5 Å². The predicted molar refractivity (Wildman–Crippen MR) is 81.1 cm³/mol. The molecule has 0 heterocycles. The fourth-order valence-electron chi connectivity index (χ4n) is 1.70. The lowest BCUT2D eigenvalue weighted by molar-refractivity contribution is -0.386. The van der Waals surface area contributed by atoms with Crippen LogP contribution in [0.2, 0.25) is 0 Å². The molecular formula is C14H11BrClNO3. The molecule has 0 atom stereocenters. The van der Waals surface area contributed by atoms with Crippen molar-refractivity contribution in [2.75, 3.05) is 0 Å². The molecule has 0 saturated heterocycles. The van der Waals surface area contributed by atoms with Gasteiger partial charge in [0.2, 0.25) is 0 Å². The second-order valence-electron chi connectivity index (χ2n) is 4.11. The molecule has 104 valence electrons. The van der Waals surface area contributed by atoms with E-state index >= 15 is 0 Å². The number of halogens is 2. The Bertz CT molecular complexity index is 634. The van der Waals surface area contributed by atoms with E-state index in [1.165, 1.54) is 6.07 Å². The molecule has 0 bridgehead atoms. The van der Waals surface area contributed by atoms with Gasteiger partial charge in [0.15, 0.2) is 5.75 Å². The summed E-state index contributed by atoms with van der Waals surface area (Å²) < 4.78 is 6.49. The maximum atomic E-state index is 11.0. The Morgan fingerprint density at radius 3 is 2.65 bits per heavy atom. The number of rotatable bonds is 5. The number of benzene rings is 2. The van der Waals surface area contributed by atoms with E-state index < -0.39 is 4.92 Å². The first-order chi connectivity index (χ1) is 9.60. The first-order valence-corrected chi connectivity index (χ1v) is 7.13. The lowest BCUT2D eigenvalue weighted by Gasteiger charge is -2.08. The average Bonchev–Trinajstić information content (AvgIpc) is 2.44. The van der Waals surface area contributed by atoms with E-state index in [1.807, 2.05) is 24.3 Å². The molecule has 0 saturated carbocycles. The van der Waals surface area contributed by atoms with Crippen molar-refractivity contribution in [3.8, 4) is 5.75 Å². The van der Waals surface area contributed by atoms with E-state index in [2.05, 4.69) is 15.9 Å². The molecule has 0 amide bonds. The Morgan fingerprint density at radius 1 is 1.20 bits per heavy atom. The standard InChI is InChI=1S/C14H11BrClNO3/c15-12-3-1-2-11(6-12)9-20-14-7-10(8-16)4-5-13(14)17(18)19/h1-7H,8-9H2. The molecule has 0 aliphatic heterocycles. The van der Waals surface area contributed by atoms with Gasteiger partial charge in [-0.25, -0.2) is 0 Å². The van der Waals surface area contributed by atoms with Gasteiger partial charge >= 0.3 is 5.69 Å². The summed E-state index contributed by atoms with van der Waals surface area (Å²) in [6.45, 7) is 0.256. The number of nitrogens with zero attached hydrogens (tertiary/aromatic N) is 1. The van der Waals surface area contributed by atoms with Gasteiger partial charge in [-0.3, -0.25) is 10.1 Å². The SMILES string of the molecule is O=[N+]([O-])c1ccc(CCl)cc1OCc1cccc(Br)c1. The summed E-state index contributed by atoms with van der Waals surface area (Å²) in [5, 5.41) is 11.0. The summed E-state index contributed by atoms with van der Waals surface area (Å²) in [6.07, 6.45) is 0. The third-order valence-electron chi connectivity index (χ3n) is 2.66. The quantitative estimate of drug-likeness (QED) is 0.444. The van der Waals surface area contributed by atoms with Gasteiger partial charge in [-0.2, -0.15) is 0 Å². The summed E-state index contributed by atoms with van der Waals surface area (Å²) in [7, 11) is 0. The maximum absolute atomic E-state index is 11.0. The first kappa shape index (κ1) is 14.8. The zero-order chi connectivity index (χ0) is 14.5. The van der Waals surface area contributed by atoms with Crippen LogP contribution >= 0.6 is 27.5 Å². The summed E-state index contributed by atoms with van der Waals surface area (Å²) in [4.78, 5) is 10.5. The minimum absolute atomic E-state index is 0.0612. The van der Waals surface area contributed by atoms with Crippen molar-refractivity contribution >= 4 is 33.2 Å². The topological polar surface area (TPSA) is 52.4 Å². The predicted octanol–water partition coefficient (Wildman–Crippen LogP) is 4.68. The molecular weight excluding hydrogens is 346 g/mol. The van der Waals surface area contributed by atoms with E-state index in [9.17, 15) is 10.1 Å². The van der Waals surface area contributed by atoms with Crippen molar-refractivity contribution < 1.29 is 9.66 Å². The van der Waals surface area contributed by atoms with E-state index in [0.717, 1.165) is 15.6 Å². The zero-order valence-corrected chi connectivity index (χ0v) is 12.7. The molecule has 0 spiro atoms. The number of nitro benzene ring substituents is 1. The number of hydrogen-bond acceptors (Lipinski definition) is 3. The largest absolute Gasteiger partial charge is 0.482 e. The van der Waals surface area contributed by atoms with Crippen molar-refractivity contribution in [3.63, 3.8) is 0 Å². The van der Waals surface area contributed by atoms with Gasteiger partial charge in [-0.1, -0.05) is 34.1 Å². The normalized spacial score (nSPS) is 10.3. The van der Waals surface area contributed by atoms with Crippen molar-refractivity contribution in [1.29, 1.82) is 0 Å². The average molecular weight is 357 g/mol. The lowest BCUT2D eigenvalue weighted by atomic mass is 10.2. The van der Waals surface area contributed by atoms with Crippen LogP contribution in [0.15, 0.2) is 46.9 Å². The minimum Gasteiger partial charge on any atom is -0.482 e. The van der Waals surface area contributed by atoms with Gasteiger partial charge in [0, 0.05) is 16.4 Å². The smallest absolute Gasteiger partial charge is 0.310 e. The third-order valence-corrected chi connectivity index (χ3v) is 3.46. The number of hydrogen-bond donors (Lipinski definition) is 0. The van der Waals surface area contributed by atoms with Gasteiger partial charge in [-0.15, -0.1) is 11.6 Å². The molecule has 2 aromatic carbocycles. The van der Waals surface area contributed by atoms with Gasteiger partial charge in [0.1, 0.15) is 6.61 Å². The Labute approximate surface area is 129 Å². The third kappa shape index (κ3) is 3.71. The number of nitro groups is 1. The van der Waals surface area contributed by atoms with E-state index in [4.69, 9.17) is 16.3 Å². The van der Waals surface area contributed by atoms with Crippen molar-refractivity contribution in [2.24, 2.45) is 0 Å². The highest BCUT2D eigenvalue weighted by molar-refractivity contribution is 9.10. The fraction of sp³-hybridized carbons (Fsp3) is 0.143. The number of alkyl halides is 1. The fourth-order valence-corrected chi connectivity index (χ4v) is 2.31. The minimum atomic E-state index is -0.464. The second kappa shape index (κ2) is 6.72. The van der Waals surface area contributed by atoms with Gasteiger partial charge in [-0.05, 0) is 29.3 Å². The van der Waals surface area contributed by atoms with Crippen LogP contribution in [0.4, 0.5) is 5.69 Å². The summed E-state index contributed by atoms with van der Waals surface area (Å²) >= 11 is 9.10. The molecule has 2 aromatic rings.